The van der Waals surface area contributed by atoms with Crippen LogP contribution in [-0.4, -0.2) is 55.8 Å². The van der Waals surface area contributed by atoms with Gasteiger partial charge in [0.25, 0.3) is 5.56 Å². The third-order valence-corrected chi connectivity index (χ3v) is 5.16. The van der Waals surface area contributed by atoms with Crippen molar-refractivity contribution in [2.45, 2.75) is 16.4 Å². The molecule has 1 aliphatic rings. The summed E-state index contributed by atoms with van der Waals surface area (Å²) in [5, 5.41) is 8.24. The first-order chi connectivity index (χ1) is 12.1. The third-order valence-electron chi connectivity index (χ3n) is 3.99. The molecule has 11 heteroatoms. The number of methoxy groups -OCH3 is 2. The zero-order valence-corrected chi connectivity index (χ0v) is 13.9. The first-order valence-electron chi connectivity index (χ1n) is 7.14. The Morgan fingerprint density at radius 1 is 1.16 bits per heavy atom. The Morgan fingerprint density at radius 3 is 2.64 bits per heavy atom. The number of pyridine rings is 1. The van der Waals surface area contributed by atoms with Crippen LogP contribution in [-0.2, 0) is 19.1 Å². The summed E-state index contributed by atoms with van der Waals surface area (Å²) in [5.41, 5.74) is -0.113. The molecular weight excluding hydrogens is 350 g/mol. The molecule has 1 aliphatic heterocycles. The maximum atomic E-state index is 13.0. The molecule has 3 aromatic heterocycles. The van der Waals surface area contributed by atoms with Crippen molar-refractivity contribution in [1.29, 1.82) is 0 Å². The van der Waals surface area contributed by atoms with Crippen molar-refractivity contribution in [3.8, 4) is 0 Å². The van der Waals surface area contributed by atoms with E-state index in [-0.39, 0.29) is 5.39 Å². The number of nitrogens with zero attached hydrogens (tertiary/aromatic N) is 5. The molecule has 0 amide bonds. The predicted octanol–water partition coefficient (Wildman–Crippen LogP) is -0.199. The van der Waals surface area contributed by atoms with Crippen molar-refractivity contribution in [1.82, 2.24) is 24.4 Å². The van der Waals surface area contributed by atoms with E-state index in [2.05, 4.69) is 15.2 Å². The average molecular weight is 361 g/mol. The Hall–Kier alpha value is -2.95. The molecule has 0 bridgehead atoms. The number of hydrogen-bond donors (Lipinski definition) is 0. The average Bonchev–Trinajstić information content (AvgIpc) is 3.08. The van der Waals surface area contributed by atoms with E-state index in [9.17, 15) is 14.4 Å². The van der Waals surface area contributed by atoms with Crippen molar-refractivity contribution < 1.29 is 19.1 Å². The highest BCUT2D eigenvalue weighted by Gasteiger charge is 2.44. The van der Waals surface area contributed by atoms with E-state index in [0.29, 0.717) is 16.2 Å². The number of rotatable bonds is 2. The number of aromatic nitrogens is 5. The zero-order valence-electron chi connectivity index (χ0n) is 13.1. The van der Waals surface area contributed by atoms with Crippen LogP contribution in [0.1, 0.15) is 6.04 Å². The van der Waals surface area contributed by atoms with E-state index in [1.54, 1.807) is 6.07 Å². The lowest BCUT2D eigenvalue weighted by atomic mass is 10.2. The molecule has 0 saturated heterocycles. The molecule has 10 nitrogen and oxygen atoms in total. The van der Waals surface area contributed by atoms with Crippen LogP contribution in [0.15, 0.2) is 28.4 Å². The van der Waals surface area contributed by atoms with Crippen molar-refractivity contribution in [3.05, 3.63) is 28.8 Å². The maximum Gasteiger partial charge on any atom is 0.332 e. The number of fused-ring (bicyclic) bond motifs is 2. The van der Waals surface area contributed by atoms with Gasteiger partial charge in [-0.1, -0.05) is 11.8 Å². The summed E-state index contributed by atoms with van der Waals surface area (Å²) in [4.78, 5) is 41.6. The monoisotopic (exact) mass is 361 g/mol. The van der Waals surface area contributed by atoms with E-state index < -0.39 is 28.8 Å². The zero-order chi connectivity index (χ0) is 17.7. The van der Waals surface area contributed by atoms with Crippen LogP contribution >= 0.6 is 11.8 Å². The molecule has 3 aromatic rings. The quantitative estimate of drug-likeness (QED) is 0.572. The van der Waals surface area contributed by atoms with Crippen LogP contribution in [0.5, 0.6) is 0 Å². The Kier molecular flexibility index (Phi) is 3.46. The van der Waals surface area contributed by atoms with E-state index in [1.807, 2.05) is 0 Å². The van der Waals surface area contributed by atoms with E-state index >= 15 is 0 Å². The van der Waals surface area contributed by atoms with Crippen molar-refractivity contribution in [2.75, 3.05) is 14.2 Å². The van der Waals surface area contributed by atoms with E-state index in [0.717, 1.165) is 16.4 Å². The fourth-order valence-corrected chi connectivity index (χ4v) is 4.01. The summed E-state index contributed by atoms with van der Waals surface area (Å²) in [5.74, 6) is -1.41. The number of carbonyl (C=O) groups is 2. The summed E-state index contributed by atoms with van der Waals surface area (Å²) < 4.78 is 12.2. The van der Waals surface area contributed by atoms with Gasteiger partial charge in [-0.05, 0) is 6.07 Å². The van der Waals surface area contributed by atoms with Gasteiger partial charge in [0.05, 0.1) is 19.6 Å². The Labute approximate surface area is 143 Å². The van der Waals surface area contributed by atoms with Gasteiger partial charge >= 0.3 is 11.9 Å². The summed E-state index contributed by atoms with van der Waals surface area (Å²) in [6, 6.07) is 0.428. The number of esters is 2. The van der Waals surface area contributed by atoms with Crippen molar-refractivity contribution in [3.63, 3.8) is 0 Å². The fourth-order valence-electron chi connectivity index (χ4n) is 2.87. The summed E-state index contributed by atoms with van der Waals surface area (Å²) in [7, 11) is 2.40. The van der Waals surface area contributed by atoms with Gasteiger partial charge in [-0.3, -0.25) is 14.6 Å². The largest absolute Gasteiger partial charge is 0.468 e. The highest BCUT2D eigenvalue weighted by Crippen LogP contribution is 2.36. The highest BCUT2D eigenvalue weighted by atomic mass is 32.2. The van der Waals surface area contributed by atoms with Crippen LogP contribution in [0, 0.1) is 0 Å². The maximum absolute atomic E-state index is 13.0. The molecule has 4 heterocycles. The molecule has 0 spiro atoms. The minimum atomic E-state index is -1.22. The molecular formula is C14H11N5O5S. The van der Waals surface area contributed by atoms with Crippen molar-refractivity contribution in [2.24, 2.45) is 0 Å². The lowest BCUT2D eigenvalue weighted by Crippen LogP contribution is -2.46. The van der Waals surface area contributed by atoms with Gasteiger partial charge in [-0.25, -0.2) is 14.0 Å². The second kappa shape index (κ2) is 5.55. The highest BCUT2D eigenvalue weighted by molar-refractivity contribution is 8.00. The molecule has 0 N–H and O–H groups in total. The normalized spacial score (nSPS) is 19.1. The lowest BCUT2D eigenvalue weighted by molar-refractivity contribution is -0.151. The minimum Gasteiger partial charge on any atom is -0.468 e. The molecule has 0 saturated carbocycles. The SMILES string of the molecule is COC(=O)[C@@H]1Sc2nnc3c4ccncc4c(=O)n(n23)[C@H]1C(=O)OC. The molecule has 0 unspecified atom stereocenters. The number of ether oxygens (including phenoxy) is 2. The molecule has 0 fully saturated rings. The Bertz CT molecular complexity index is 1090. The van der Waals surface area contributed by atoms with Gasteiger partial charge in [0.2, 0.25) is 5.16 Å². The van der Waals surface area contributed by atoms with Crippen molar-refractivity contribution >= 4 is 40.1 Å². The van der Waals surface area contributed by atoms with Gasteiger partial charge in [-0.15, -0.1) is 10.2 Å². The molecule has 128 valence electrons. The summed E-state index contributed by atoms with van der Waals surface area (Å²) in [6.45, 7) is 0. The van der Waals surface area contributed by atoms with Gasteiger partial charge in [-0.2, -0.15) is 0 Å². The van der Waals surface area contributed by atoms with E-state index in [1.165, 1.54) is 31.1 Å². The van der Waals surface area contributed by atoms with Crippen LogP contribution in [0.3, 0.4) is 0 Å². The first-order valence-corrected chi connectivity index (χ1v) is 8.02. The second-order valence-electron chi connectivity index (χ2n) is 5.22. The smallest absolute Gasteiger partial charge is 0.332 e. The van der Waals surface area contributed by atoms with Gasteiger partial charge in [0.1, 0.15) is 5.25 Å². The van der Waals surface area contributed by atoms with Crippen LogP contribution in [0.2, 0.25) is 0 Å². The molecule has 25 heavy (non-hydrogen) atoms. The van der Waals surface area contributed by atoms with Gasteiger partial charge < -0.3 is 9.47 Å². The standard InChI is InChI=1S/C14H11N5O5S/c1-23-12(21)8-9(13(22)24-2)25-14-17-16-10-6-3-4-15-5-7(6)11(20)18(8)19(10)14/h3-5,8-9H,1-2H3/t8-,9-/m1/s1. The number of carbonyl (C=O) groups excluding carboxylic acids is 2. The van der Waals surface area contributed by atoms with E-state index in [4.69, 9.17) is 9.47 Å². The lowest BCUT2D eigenvalue weighted by Gasteiger charge is -2.29. The first kappa shape index (κ1) is 15.6. The van der Waals surface area contributed by atoms with Crippen LogP contribution in [0.25, 0.3) is 16.4 Å². The second-order valence-corrected chi connectivity index (χ2v) is 6.33. The Morgan fingerprint density at radius 2 is 1.92 bits per heavy atom. The third kappa shape index (κ3) is 2.05. The predicted molar refractivity (Wildman–Crippen MR) is 85.3 cm³/mol. The molecule has 2 atom stereocenters. The summed E-state index contributed by atoms with van der Waals surface area (Å²) >= 11 is 0.996. The molecule has 4 rings (SSSR count). The molecule has 0 radical (unpaired) electrons. The van der Waals surface area contributed by atoms with Gasteiger partial charge in [0.15, 0.2) is 11.7 Å². The number of thioether (sulfide) groups is 1. The van der Waals surface area contributed by atoms with Crippen LogP contribution < -0.4 is 5.56 Å². The minimum absolute atomic E-state index is 0.262. The molecule has 0 aliphatic carbocycles. The summed E-state index contributed by atoms with van der Waals surface area (Å²) in [6.07, 6.45) is 2.92. The molecule has 0 aromatic carbocycles. The van der Waals surface area contributed by atoms with Crippen LogP contribution in [0.4, 0.5) is 0 Å². The van der Waals surface area contributed by atoms with Gasteiger partial charge in [0, 0.05) is 17.8 Å². The Balaban J connectivity index is 2.13. The topological polar surface area (TPSA) is 118 Å². The fraction of sp³-hybridized carbons (Fsp3) is 0.286. The number of hydrogen-bond acceptors (Lipinski definition) is 9.